The summed E-state index contributed by atoms with van der Waals surface area (Å²) in [5.74, 6) is 0. The molecule has 0 fully saturated rings. The normalized spacial score (nSPS) is 14.8. The molecule has 0 atom stereocenters. The summed E-state index contributed by atoms with van der Waals surface area (Å²) in [6.07, 6.45) is 0. The van der Waals surface area contributed by atoms with E-state index in [0.29, 0.717) is 0 Å². The van der Waals surface area contributed by atoms with E-state index >= 15 is 0 Å². The second-order valence-corrected chi connectivity index (χ2v) is 15.9. The molecule has 6 aromatic rings. The van der Waals surface area contributed by atoms with Gasteiger partial charge in [-0.25, -0.2) is 0 Å². The first-order valence-corrected chi connectivity index (χ1v) is 17.5. The second-order valence-electron chi connectivity index (χ2n) is 15.9. The second kappa shape index (κ2) is 10.4. The van der Waals surface area contributed by atoms with Crippen LogP contribution in [0.25, 0.3) is 55.6 Å². The van der Waals surface area contributed by atoms with Crippen LogP contribution in [0.3, 0.4) is 0 Å². The predicted molar refractivity (Wildman–Crippen MR) is 206 cm³/mol. The number of aryl methyl sites for hydroxylation is 6. The highest BCUT2D eigenvalue weighted by molar-refractivity contribution is 5.96. The zero-order chi connectivity index (χ0) is 33.9. The molecule has 2 aliphatic rings. The standard InChI is InChI=1S/C48H46/c1-27-11-15-37-41(21-27)47(7,8)43-23-29(3)19-39(45(37)43)35-17-13-33(25-31(35)5)34-14-18-36(32(6)26-34)40-20-30(4)24-44-46(40)38-16-12-28(2)22-42(38)48(44,9)10/h11-26H,1-10H3. The summed E-state index contributed by atoms with van der Waals surface area (Å²) in [6.45, 7) is 23.0. The SMILES string of the molecule is Cc1ccc2c(c1)C(C)(C)c1cc(C)cc(-c3ccc(-c4ccc(-c5cc(C)cc6c5-c5ccc(C)cc5C6(C)C)c(C)c4)cc3C)c1-2. The monoisotopic (exact) mass is 622 g/mol. The molecule has 0 saturated carbocycles. The van der Waals surface area contributed by atoms with E-state index in [-0.39, 0.29) is 10.8 Å². The third-order valence-corrected chi connectivity index (χ3v) is 11.5. The fourth-order valence-electron chi connectivity index (χ4n) is 8.93. The Kier molecular flexibility index (Phi) is 6.64. The summed E-state index contributed by atoms with van der Waals surface area (Å²) in [4.78, 5) is 0. The molecule has 0 bridgehead atoms. The van der Waals surface area contributed by atoms with Crippen molar-refractivity contribution in [3.8, 4) is 55.6 Å². The van der Waals surface area contributed by atoms with Crippen molar-refractivity contribution in [2.24, 2.45) is 0 Å². The van der Waals surface area contributed by atoms with Gasteiger partial charge in [0.15, 0.2) is 0 Å². The summed E-state index contributed by atoms with van der Waals surface area (Å²) < 4.78 is 0. The van der Waals surface area contributed by atoms with Gasteiger partial charge in [-0.05, 0) is 131 Å². The highest BCUT2D eigenvalue weighted by Gasteiger charge is 2.38. The van der Waals surface area contributed by atoms with Crippen LogP contribution in [0.2, 0.25) is 0 Å². The first-order chi connectivity index (χ1) is 22.8. The van der Waals surface area contributed by atoms with Crippen molar-refractivity contribution in [3.63, 3.8) is 0 Å². The van der Waals surface area contributed by atoms with Crippen molar-refractivity contribution in [2.45, 2.75) is 80.1 Å². The van der Waals surface area contributed by atoms with Gasteiger partial charge in [0, 0.05) is 10.8 Å². The van der Waals surface area contributed by atoms with Crippen LogP contribution in [-0.4, -0.2) is 0 Å². The summed E-state index contributed by atoms with van der Waals surface area (Å²) >= 11 is 0. The van der Waals surface area contributed by atoms with Gasteiger partial charge in [0.25, 0.3) is 0 Å². The number of hydrogen-bond acceptors (Lipinski definition) is 0. The van der Waals surface area contributed by atoms with Crippen LogP contribution in [0.1, 0.15) is 83.3 Å². The van der Waals surface area contributed by atoms with Gasteiger partial charge in [0.1, 0.15) is 0 Å². The zero-order valence-electron chi connectivity index (χ0n) is 30.2. The largest absolute Gasteiger partial charge is 0.0587 e. The van der Waals surface area contributed by atoms with E-state index in [1.165, 1.54) is 111 Å². The Labute approximate surface area is 287 Å². The third-order valence-electron chi connectivity index (χ3n) is 11.5. The summed E-state index contributed by atoms with van der Waals surface area (Å²) in [7, 11) is 0. The van der Waals surface area contributed by atoms with E-state index in [4.69, 9.17) is 0 Å². The van der Waals surface area contributed by atoms with E-state index in [1.54, 1.807) is 0 Å². The molecule has 0 spiro atoms. The maximum atomic E-state index is 2.41. The fraction of sp³-hybridized carbons (Fsp3) is 0.250. The van der Waals surface area contributed by atoms with Crippen LogP contribution in [0.15, 0.2) is 97.1 Å². The minimum atomic E-state index is -0.0151. The van der Waals surface area contributed by atoms with Crippen LogP contribution in [0.4, 0.5) is 0 Å². The molecule has 0 unspecified atom stereocenters. The lowest BCUT2D eigenvalue weighted by Crippen LogP contribution is -2.15. The van der Waals surface area contributed by atoms with Crippen molar-refractivity contribution in [1.29, 1.82) is 0 Å². The van der Waals surface area contributed by atoms with Gasteiger partial charge in [-0.2, -0.15) is 0 Å². The molecule has 0 radical (unpaired) electrons. The van der Waals surface area contributed by atoms with Gasteiger partial charge in [-0.3, -0.25) is 0 Å². The Hall–Kier alpha value is -4.68. The van der Waals surface area contributed by atoms with Crippen molar-refractivity contribution in [2.75, 3.05) is 0 Å². The van der Waals surface area contributed by atoms with Gasteiger partial charge < -0.3 is 0 Å². The average molecular weight is 623 g/mol. The topological polar surface area (TPSA) is 0 Å². The molecular weight excluding hydrogens is 577 g/mol. The molecule has 0 heterocycles. The molecule has 8 rings (SSSR count). The van der Waals surface area contributed by atoms with E-state index in [1.807, 2.05) is 0 Å². The lowest BCUT2D eigenvalue weighted by atomic mass is 9.80. The van der Waals surface area contributed by atoms with Gasteiger partial charge in [-0.15, -0.1) is 0 Å². The van der Waals surface area contributed by atoms with Crippen LogP contribution < -0.4 is 0 Å². The molecule has 0 nitrogen and oxygen atoms in total. The molecule has 0 aromatic heterocycles. The van der Waals surface area contributed by atoms with E-state index in [2.05, 4.69) is 166 Å². The Morgan fingerprint density at radius 2 is 0.667 bits per heavy atom. The van der Waals surface area contributed by atoms with Gasteiger partial charge in [0.05, 0.1) is 0 Å². The molecule has 48 heavy (non-hydrogen) atoms. The van der Waals surface area contributed by atoms with Gasteiger partial charge >= 0.3 is 0 Å². The zero-order valence-corrected chi connectivity index (χ0v) is 30.2. The molecule has 0 aliphatic heterocycles. The minimum Gasteiger partial charge on any atom is -0.0587 e. The van der Waals surface area contributed by atoms with Gasteiger partial charge in [0.2, 0.25) is 0 Å². The highest BCUT2D eigenvalue weighted by atomic mass is 14.4. The first-order valence-electron chi connectivity index (χ1n) is 17.5. The molecule has 0 saturated heterocycles. The van der Waals surface area contributed by atoms with Crippen molar-refractivity contribution in [1.82, 2.24) is 0 Å². The summed E-state index contributed by atoms with van der Waals surface area (Å²) in [6, 6.07) is 37.8. The van der Waals surface area contributed by atoms with E-state index < -0.39 is 0 Å². The number of rotatable bonds is 3. The first kappa shape index (κ1) is 30.6. The number of fused-ring (bicyclic) bond motifs is 6. The molecule has 238 valence electrons. The third kappa shape index (κ3) is 4.42. The number of benzene rings is 6. The molecule has 6 aromatic carbocycles. The van der Waals surface area contributed by atoms with Crippen LogP contribution >= 0.6 is 0 Å². The molecule has 0 N–H and O–H groups in total. The lowest BCUT2D eigenvalue weighted by molar-refractivity contribution is 0.659. The Balaban J connectivity index is 1.21. The minimum absolute atomic E-state index is 0.0151. The van der Waals surface area contributed by atoms with Crippen molar-refractivity contribution >= 4 is 0 Å². The van der Waals surface area contributed by atoms with Crippen molar-refractivity contribution < 1.29 is 0 Å². The maximum absolute atomic E-state index is 2.41. The fourth-order valence-corrected chi connectivity index (χ4v) is 8.93. The van der Waals surface area contributed by atoms with Crippen LogP contribution in [0, 0.1) is 41.5 Å². The molecular formula is C48H46. The lowest BCUT2D eigenvalue weighted by Gasteiger charge is -2.23. The van der Waals surface area contributed by atoms with Crippen molar-refractivity contribution in [3.05, 3.63) is 153 Å². The Morgan fingerprint density at radius 3 is 1.04 bits per heavy atom. The van der Waals surface area contributed by atoms with Gasteiger partial charge in [-0.1, -0.05) is 147 Å². The predicted octanol–water partition coefficient (Wildman–Crippen LogP) is 13.2. The Morgan fingerprint density at radius 1 is 0.312 bits per heavy atom. The summed E-state index contributed by atoms with van der Waals surface area (Å²) in [5.41, 5.74) is 27.1. The average Bonchev–Trinajstić information content (AvgIpc) is 3.39. The Bertz CT molecular complexity index is 2170. The molecule has 0 amide bonds. The van der Waals surface area contributed by atoms with E-state index in [9.17, 15) is 0 Å². The maximum Gasteiger partial charge on any atom is 0.0159 e. The molecule has 2 aliphatic carbocycles. The van der Waals surface area contributed by atoms with Crippen LogP contribution in [-0.2, 0) is 10.8 Å². The van der Waals surface area contributed by atoms with Crippen LogP contribution in [0.5, 0.6) is 0 Å². The molecule has 0 heteroatoms. The smallest absolute Gasteiger partial charge is 0.0159 e. The number of hydrogen-bond donors (Lipinski definition) is 0. The van der Waals surface area contributed by atoms with E-state index in [0.717, 1.165) is 0 Å². The highest BCUT2D eigenvalue weighted by Crippen LogP contribution is 2.55. The quantitative estimate of drug-likeness (QED) is 0.184. The summed E-state index contributed by atoms with van der Waals surface area (Å²) in [5, 5.41) is 0.